The average molecular weight is 280 g/mol. The summed E-state index contributed by atoms with van der Waals surface area (Å²) in [5.41, 5.74) is 0.768. The molecule has 6 heteroatoms. The van der Waals surface area contributed by atoms with Crippen LogP contribution in [0.25, 0.3) is 6.08 Å². The number of ether oxygens (including phenoxy) is 2. The van der Waals surface area contributed by atoms with Crippen LogP contribution in [0.5, 0.6) is 5.75 Å². The molecule has 6 nitrogen and oxygen atoms in total. The molecule has 0 heterocycles. The Kier molecular flexibility index (Phi) is 6.42. The first-order chi connectivity index (χ1) is 9.56. The number of aliphatic hydroxyl groups is 2. The van der Waals surface area contributed by atoms with E-state index in [0.29, 0.717) is 5.75 Å². The summed E-state index contributed by atoms with van der Waals surface area (Å²) in [6, 6.07) is 6.99. The number of esters is 1. The molecule has 0 saturated heterocycles. The molecule has 0 radical (unpaired) electrons. The fourth-order valence-electron chi connectivity index (χ4n) is 1.27. The highest BCUT2D eigenvalue weighted by Gasteiger charge is 2.14. The lowest BCUT2D eigenvalue weighted by molar-refractivity contribution is -0.146. The summed E-state index contributed by atoms with van der Waals surface area (Å²) < 4.78 is 9.62. The minimum absolute atomic E-state index is 0.576. The third kappa shape index (κ3) is 5.21. The topological polar surface area (TPSA) is 93.1 Å². The molecule has 20 heavy (non-hydrogen) atoms. The number of benzene rings is 1. The molecule has 0 fully saturated rings. The van der Waals surface area contributed by atoms with Crippen molar-refractivity contribution in [2.24, 2.45) is 0 Å². The third-order valence-corrected chi connectivity index (χ3v) is 2.43. The number of carbonyl (C=O) groups is 2. The maximum Gasteiger partial charge on any atom is 0.331 e. The Balaban J connectivity index is 2.45. The van der Waals surface area contributed by atoms with Gasteiger partial charge in [-0.25, -0.2) is 4.79 Å². The van der Waals surface area contributed by atoms with E-state index in [9.17, 15) is 9.59 Å². The smallest absolute Gasteiger partial charge is 0.331 e. The average Bonchev–Trinajstić information content (AvgIpc) is 2.50. The molecule has 1 aromatic rings. The van der Waals surface area contributed by atoms with E-state index in [1.54, 1.807) is 31.4 Å². The number of hydrogen-bond acceptors (Lipinski definition) is 6. The van der Waals surface area contributed by atoms with Crippen molar-refractivity contribution in [2.75, 3.05) is 20.3 Å². The van der Waals surface area contributed by atoms with Crippen LogP contribution in [0.15, 0.2) is 30.3 Å². The van der Waals surface area contributed by atoms with Crippen molar-refractivity contribution in [1.82, 2.24) is 0 Å². The Morgan fingerprint density at radius 3 is 2.50 bits per heavy atom. The van der Waals surface area contributed by atoms with E-state index in [2.05, 4.69) is 4.74 Å². The molecular weight excluding hydrogens is 264 g/mol. The van der Waals surface area contributed by atoms with Crippen molar-refractivity contribution in [1.29, 1.82) is 0 Å². The van der Waals surface area contributed by atoms with E-state index >= 15 is 0 Å². The van der Waals surface area contributed by atoms with Gasteiger partial charge in [0.1, 0.15) is 11.9 Å². The summed E-state index contributed by atoms with van der Waals surface area (Å²) in [5, 5.41) is 17.5. The summed E-state index contributed by atoms with van der Waals surface area (Å²) in [6.07, 6.45) is 1.17. The fourth-order valence-corrected chi connectivity index (χ4v) is 1.27. The molecule has 108 valence electrons. The number of aliphatic hydroxyl groups excluding tert-OH is 2. The van der Waals surface area contributed by atoms with Crippen molar-refractivity contribution in [3.63, 3.8) is 0 Å². The molecule has 0 spiro atoms. The lowest BCUT2D eigenvalue weighted by Gasteiger charge is -2.05. The Bertz CT molecular complexity index is 477. The molecule has 0 amide bonds. The van der Waals surface area contributed by atoms with Crippen molar-refractivity contribution in [3.8, 4) is 5.75 Å². The maximum atomic E-state index is 11.3. The summed E-state index contributed by atoms with van der Waals surface area (Å²) >= 11 is 0. The second kappa shape index (κ2) is 8.08. The van der Waals surface area contributed by atoms with Gasteiger partial charge in [-0.3, -0.25) is 4.79 Å². The van der Waals surface area contributed by atoms with Crippen LogP contribution in [-0.2, 0) is 14.3 Å². The van der Waals surface area contributed by atoms with Gasteiger partial charge in [-0.15, -0.1) is 0 Å². The zero-order chi connectivity index (χ0) is 15.0. The van der Waals surface area contributed by atoms with Crippen LogP contribution < -0.4 is 4.74 Å². The second-order valence-electron chi connectivity index (χ2n) is 3.88. The van der Waals surface area contributed by atoms with Gasteiger partial charge in [0.2, 0.25) is 5.78 Å². The Hall–Kier alpha value is -2.18. The van der Waals surface area contributed by atoms with Crippen LogP contribution in [0.1, 0.15) is 5.56 Å². The molecule has 1 unspecified atom stereocenters. The Labute approximate surface area is 116 Å². The normalized spacial score (nSPS) is 12.2. The van der Waals surface area contributed by atoms with E-state index < -0.39 is 31.1 Å². The zero-order valence-corrected chi connectivity index (χ0v) is 11.0. The van der Waals surface area contributed by atoms with Crippen LogP contribution in [0, 0.1) is 0 Å². The highest BCUT2D eigenvalue weighted by molar-refractivity contribution is 5.90. The predicted molar refractivity (Wildman–Crippen MR) is 71.1 cm³/mol. The first kappa shape index (κ1) is 15.9. The van der Waals surface area contributed by atoms with Crippen LogP contribution in [0.2, 0.25) is 0 Å². The quantitative estimate of drug-likeness (QED) is 0.546. The largest absolute Gasteiger partial charge is 0.497 e. The van der Waals surface area contributed by atoms with Crippen LogP contribution >= 0.6 is 0 Å². The molecule has 0 aromatic heterocycles. The van der Waals surface area contributed by atoms with Gasteiger partial charge in [-0.05, 0) is 23.8 Å². The molecule has 1 aromatic carbocycles. The van der Waals surface area contributed by atoms with Crippen LogP contribution in [0.3, 0.4) is 0 Å². The molecular formula is C14H16O6. The van der Waals surface area contributed by atoms with E-state index in [0.717, 1.165) is 5.56 Å². The van der Waals surface area contributed by atoms with Gasteiger partial charge in [-0.1, -0.05) is 12.1 Å². The second-order valence-corrected chi connectivity index (χ2v) is 3.88. The Morgan fingerprint density at radius 1 is 1.30 bits per heavy atom. The predicted octanol–water partition coefficient (Wildman–Crippen LogP) is 0.174. The van der Waals surface area contributed by atoms with Gasteiger partial charge in [0.25, 0.3) is 0 Å². The lowest BCUT2D eigenvalue weighted by atomic mass is 10.2. The van der Waals surface area contributed by atoms with Crippen LogP contribution in [-0.4, -0.2) is 48.4 Å². The van der Waals surface area contributed by atoms with E-state index in [4.69, 9.17) is 14.9 Å². The highest BCUT2D eigenvalue weighted by Crippen LogP contribution is 2.12. The first-order valence-electron chi connectivity index (χ1n) is 5.87. The van der Waals surface area contributed by atoms with Crippen LogP contribution in [0.4, 0.5) is 0 Å². The van der Waals surface area contributed by atoms with Gasteiger partial charge in [0.15, 0.2) is 6.61 Å². The van der Waals surface area contributed by atoms with E-state index in [1.807, 2.05) is 0 Å². The molecule has 0 saturated carbocycles. The molecule has 0 aliphatic heterocycles. The summed E-state index contributed by atoms with van der Waals surface area (Å²) in [6.45, 7) is -1.27. The van der Waals surface area contributed by atoms with Crippen molar-refractivity contribution in [3.05, 3.63) is 35.9 Å². The summed E-state index contributed by atoms with van der Waals surface area (Å²) in [4.78, 5) is 22.4. The number of ketones is 1. The molecule has 0 aliphatic rings. The molecule has 1 rings (SSSR count). The van der Waals surface area contributed by atoms with Gasteiger partial charge in [-0.2, -0.15) is 0 Å². The molecule has 0 bridgehead atoms. The fraction of sp³-hybridized carbons (Fsp3) is 0.286. The van der Waals surface area contributed by atoms with Crippen molar-refractivity contribution < 1.29 is 29.3 Å². The Morgan fingerprint density at radius 2 is 1.95 bits per heavy atom. The number of rotatable bonds is 7. The first-order valence-corrected chi connectivity index (χ1v) is 5.87. The maximum absolute atomic E-state index is 11.3. The van der Waals surface area contributed by atoms with Crippen molar-refractivity contribution in [2.45, 2.75) is 6.10 Å². The molecule has 2 N–H and O–H groups in total. The number of Topliss-reactive ketones (excluding diaryl/α,β-unsaturated/α-hetero) is 1. The minimum atomic E-state index is -1.52. The lowest BCUT2D eigenvalue weighted by Crippen LogP contribution is -2.28. The van der Waals surface area contributed by atoms with Gasteiger partial charge < -0.3 is 19.7 Å². The molecule has 0 aliphatic carbocycles. The summed E-state index contributed by atoms with van der Waals surface area (Å²) in [5.74, 6) is -0.758. The van der Waals surface area contributed by atoms with E-state index in [1.165, 1.54) is 12.2 Å². The monoisotopic (exact) mass is 280 g/mol. The third-order valence-electron chi connectivity index (χ3n) is 2.43. The summed E-state index contributed by atoms with van der Waals surface area (Å²) in [7, 11) is 1.56. The number of carbonyl (C=O) groups excluding carboxylic acids is 2. The zero-order valence-electron chi connectivity index (χ0n) is 11.0. The van der Waals surface area contributed by atoms with E-state index in [-0.39, 0.29) is 0 Å². The van der Waals surface area contributed by atoms with Crippen molar-refractivity contribution >= 4 is 17.8 Å². The molecule has 1 atom stereocenters. The van der Waals surface area contributed by atoms with Gasteiger partial charge in [0, 0.05) is 6.08 Å². The number of hydrogen-bond donors (Lipinski definition) is 2. The minimum Gasteiger partial charge on any atom is -0.497 e. The van der Waals surface area contributed by atoms with Gasteiger partial charge >= 0.3 is 5.97 Å². The van der Waals surface area contributed by atoms with Gasteiger partial charge in [0.05, 0.1) is 13.7 Å². The number of methoxy groups -OCH3 is 1. The SMILES string of the molecule is COc1ccc(/C=C/C(=O)OCC(=O)C(O)CO)cc1. The standard InChI is InChI=1S/C14H16O6/c1-19-11-5-2-10(3-6-11)4-7-14(18)20-9-13(17)12(16)8-15/h2-7,12,15-16H,8-9H2,1H3/b7-4+. The highest BCUT2D eigenvalue weighted by atomic mass is 16.5.